The fraction of sp³-hybridized carbons (Fsp3) is 0.176. The number of nitro groups is 2. The third-order valence-corrected chi connectivity index (χ3v) is 3.89. The quantitative estimate of drug-likeness (QED) is 0.269. The van der Waals surface area contributed by atoms with Gasteiger partial charge in [0.1, 0.15) is 17.5 Å². The Morgan fingerprint density at radius 2 is 1.06 bits per heavy atom. The van der Waals surface area contributed by atoms with E-state index in [2.05, 4.69) is 0 Å². The maximum atomic E-state index is 13.0. The summed E-state index contributed by atoms with van der Waals surface area (Å²) in [6.45, 7) is 0. The van der Waals surface area contributed by atoms with Crippen molar-refractivity contribution in [3.8, 4) is 0 Å². The molecule has 33 heavy (non-hydrogen) atoms. The molecule has 176 valence electrons. The van der Waals surface area contributed by atoms with E-state index >= 15 is 0 Å². The first kappa shape index (κ1) is 25.0. The second kappa shape index (κ2) is 9.09. The number of nitrogens with zero attached hydrogens (tertiary/aromatic N) is 2. The van der Waals surface area contributed by atoms with Crippen LogP contribution in [0.15, 0.2) is 36.4 Å². The summed E-state index contributed by atoms with van der Waals surface area (Å²) in [7, 11) is 0. The lowest BCUT2D eigenvalue weighted by atomic mass is 10.1. The SMILES string of the molecule is O=C(CC(=O)Nc1ccc([N+](=O)[O-])c(C(F)(F)F)c1)Nc1ccc([N+](=O)[O-])c(C(F)(F)F)c1. The Balaban J connectivity index is 2.14. The third-order valence-electron chi connectivity index (χ3n) is 3.89. The molecule has 2 aromatic carbocycles. The lowest BCUT2D eigenvalue weighted by Crippen LogP contribution is -2.22. The van der Waals surface area contributed by atoms with Gasteiger partial charge in [-0.3, -0.25) is 29.8 Å². The predicted molar refractivity (Wildman–Crippen MR) is 98.1 cm³/mol. The van der Waals surface area contributed by atoms with E-state index < -0.39 is 74.3 Å². The van der Waals surface area contributed by atoms with Crippen LogP contribution in [0.2, 0.25) is 0 Å². The van der Waals surface area contributed by atoms with Gasteiger partial charge in [0.2, 0.25) is 11.8 Å². The summed E-state index contributed by atoms with van der Waals surface area (Å²) in [5, 5.41) is 25.3. The highest BCUT2D eigenvalue weighted by Gasteiger charge is 2.39. The molecule has 0 aliphatic carbocycles. The molecule has 2 rings (SSSR count). The van der Waals surface area contributed by atoms with Crippen molar-refractivity contribution in [2.75, 3.05) is 10.6 Å². The number of rotatable bonds is 6. The fourth-order valence-corrected chi connectivity index (χ4v) is 2.56. The number of amides is 2. The van der Waals surface area contributed by atoms with Crippen LogP contribution >= 0.6 is 0 Å². The van der Waals surface area contributed by atoms with Gasteiger partial charge in [0.25, 0.3) is 11.4 Å². The minimum absolute atomic E-state index is 0.278. The summed E-state index contributed by atoms with van der Waals surface area (Å²) >= 11 is 0. The molecule has 16 heteroatoms. The van der Waals surface area contributed by atoms with Crippen LogP contribution in [-0.2, 0) is 21.9 Å². The maximum Gasteiger partial charge on any atom is 0.423 e. The Morgan fingerprint density at radius 3 is 1.33 bits per heavy atom. The van der Waals surface area contributed by atoms with Crippen molar-refractivity contribution in [2.45, 2.75) is 18.8 Å². The standard InChI is InChI=1S/C17H10F6N4O6/c18-16(19,20)10-5-8(1-3-12(10)26(30)31)24-14(28)7-15(29)25-9-2-4-13(27(32)33)11(6-9)17(21,22)23/h1-6H,7H2,(H,24,28)(H,25,29). The van der Waals surface area contributed by atoms with Crippen LogP contribution in [-0.4, -0.2) is 21.7 Å². The van der Waals surface area contributed by atoms with E-state index in [-0.39, 0.29) is 12.1 Å². The smallest absolute Gasteiger partial charge is 0.326 e. The largest absolute Gasteiger partial charge is 0.423 e. The first-order valence-electron chi connectivity index (χ1n) is 8.40. The van der Waals surface area contributed by atoms with Crippen molar-refractivity contribution < 1.29 is 45.8 Å². The number of alkyl halides is 6. The molecule has 0 saturated carbocycles. The van der Waals surface area contributed by atoms with Gasteiger partial charge < -0.3 is 10.6 Å². The van der Waals surface area contributed by atoms with Crippen LogP contribution in [0.5, 0.6) is 0 Å². The second-order valence-electron chi connectivity index (χ2n) is 6.25. The molecule has 2 N–H and O–H groups in total. The summed E-state index contributed by atoms with van der Waals surface area (Å²) in [6.07, 6.45) is -11.3. The van der Waals surface area contributed by atoms with Crippen molar-refractivity contribution in [1.29, 1.82) is 0 Å². The Morgan fingerprint density at radius 1 is 0.727 bits per heavy atom. The zero-order valence-corrected chi connectivity index (χ0v) is 15.8. The average Bonchev–Trinajstić information content (AvgIpc) is 2.65. The lowest BCUT2D eigenvalue weighted by molar-refractivity contribution is -0.388. The zero-order chi connectivity index (χ0) is 25.1. The fourth-order valence-electron chi connectivity index (χ4n) is 2.56. The maximum absolute atomic E-state index is 13.0. The van der Waals surface area contributed by atoms with Crippen LogP contribution < -0.4 is 10.6 Å². The average molecular weight is 480 g/mol. The van der Waals surface area contributed by atoms with E-state index in [1.807, 2.05) is 10.6 Å². The van der Waals surface area contributed by atoms with Crippen LogP contribution in [0.25, 0.3) is 0 Å². The van der Waals surface area contributed by atoms with E-state index in [0.717, 1.165) is 12.1 Å². The van der Waals surface area contributed by atoms with Gasteiger partial charge in [0.05, 0.1) is 9.85 Å². The van der Waals surface area contributed by atoms with E-state index in [9.17, 15) is 56.2 Å². The number of carbonyl (C=O) groups excluding carboxylic acids is 2. The molecule has 2 aromatic rings. The van der Waals surface area contributed by atoms with Gasteiger partial charge in [0.15, 0.2) is 0 Å². The summed E-state index contributed by atoms with van der Waals surface area (Å²) < 4.78 is 77.8. The van der Waals surface area contributed by atoms with Gasteiger partial charge in [-0.25, -0.2) is 0 Å². The Hall–Kier alpha value is -4.24. The first-order chi connectivity index (χ1) is 15.1. The second-order valence-corrected chi connectivity index (χ2v) is 6.25. The van der Waals surface area contributed by atoms with Crippen molar-refractivity contribution in [3.63, 3.8) is 0 Å². The molecule has 2 amide bonds. The number of halogens is 6. The Bertz CT molecular complexity index is 1040. The minimum Gasteiger partial charge on any atom is -0.326 e. The van der Waals surface area contributed by atoms with Crippen molar-refractivity contribution in [1.82, 2.24) is 0 Å². The van der Waals surface area contributed by atoms with Crippen LogP contribution in [0.4, 0.5) is 49.1 Å². The van der Waals surface area contributed by atoms with E-state index in [4.69, 9.17) is 0 Å². The van der Waals surface area contributed by atoms with Crippen LogP contribution in [0.3, 0.4) is 0 Å². The first-order valence-corrected chi connectivity index (χ1v) is 8.40. The van der Waals surface area contributed by atoms with Gasteiger partial charge >= 0.3 is 12.4 Å². The molecule has 10 nitrogen and oxygen atoms in total. The predicted octanol–water partition coefficient (Wildman–Crippen LogP) is 4.51. The molecule has 0 aliphatic heterocycles. The highest BCUT2D eigenvalue weighted by atomic mass is 19.4. The van der Waals surface area contributed by atoms with Crippen LogP contribution in [0, 0.1) is 20.2 Å². The molecule has 0 aromatic heterocycles. The number of nitro benzene ring substituents is 2. The number of hydrogen-bond donors (Lipinski definition) is 2. The Kier molecular flexibility index (Phi) is 6.89. The highest BCUT2D eigenvalue weighted by Crippen LogP contribution is 2.38. The molecule has 0 fully saturated rings. The van der Waals surface area contributed by atoms with E-state index in [0.29, 0.717) is 12.1 Å². The molecule has 0 atom stereocenters. The molecule has 0 spiro atoms. The molecular formula is C17H10F6N4O6. The molecular weight excluding hydrogens is 470 g/mol. The minimum atomic E-state index is -5.12. The van der Waals surface area contributed by atoms with Gasteiger partial charge in [0, 0.05) is 23.5 Å². The van der Waals surface area contributed by atoms with Crippen LogP contribution in [0.1, 0.15) is 17.5 Å². The summed E-state index contributed by atoms with van der Waals surface area (Å²) in [4.78, 5) is 42.7. The molecule has 0 aliphatic rings. The topological polar surface area (TPSA) is 144 Å². The van der Waals surface area contributed by atoms with Crippen molar-refractivity contribution >= 4 is 34.6 Å². The van der Waals surface area contributed by atoms with Crippen molar-refractivity contribution in [3.05, 3.63) is 67.8 Å². The van der Waals surface area contributed by atoms with Gasteiger partial charge in [-0.05, 0) is 24.3 Å². The zero-order valence-electron chi connectivity index (χ0n) is 15.8. The molecule has 0 radical (unpaired) electrons. The third kappa shape index (κ3) is 6.37. The summed E-state index contributed by atoms with van der Waals surface area (Å²) in [6, 6.07) is 3.12. The lowest BCUT2D eigenvalue weighted by Gasteiger charge is -2.12. The molecule has 0 saturated heterocycles. The summed E-state index contributed by atoms with van der Waals surface area (Å²) in [5.41, 5.74) is -6.89. The number of anilines is 2. The molecule has 0 heterocycles. The van der Waals surface area contributed by atoms with Gasteiger partial charge in [-0.1, -0.05) is 0 Å². The number of nitrogens with one attached hydrogen (secondary N) is 2. The number of carbonyl (C=O) groups is 2. The van der Waals surface area contributed by atoms with Gasteiger partial charge in [-0.2, -0.15) is 26.3 Å². The van der Waals surface area contributed by atoms with E-state index in [1.165, 1.54) is 0 Å². The normalized spacial score (nSPS) is 11.6. The molecule has 0 unspecified atom stereocenters. The highest BCUT2D eigenvalue weighted by molar-refractivity contribution is 6.08. The number of hydrogen-bond acceptors (Lipinski definition) is 6. The molecule has 0 bridgehead atoms. The summed E-state index contributed by atoms with van der Waals surface area (Å²) in [5.74, 6) is -2.38. The van der Waals surface area contributed by atoms with Crippen molar-refractivity contribution in [2.24, 2.45) is 0 Å². The monoisotopic (exact) mass is 480 g/mol. The number of benzene rings is 2. The van der Waals surface area contributed by atoms with E-state index in [1.54, 1.807) is 0 Å². The Labute approximate surface area is 178 Å². The van der Waals surface area contributed by atoms with Gasteiger partial charge in [-0.15, -0.1) is 0 Å².